The molecule has 2 aromatic rings. The third-order valence-corrected chi connectivity index (χ3v) is 9.32. The number of hydrogen-bond donors (Lipinski definition) is 3. The number of aliphatic hydroxyl groups is 2. The Labute approximate surface area is 235 Å². The van der Waals surface area contributed by atoms with E-state index in [4.69, 9.17) is 0 Å². The average Bonchev–Trinajstić information content (AvgIpc) is 2.88. The summed E-state index contributed by atoms with van der Waals surface area (Å²) in [5.41, 5.74) is 7.27. The maximum absolute atomic E-state index is 11.3. The molecule has 0 radical (unpaired) electrons. The maximum Gasteiger partial charge on any atom is 0.337 e. The van der Waals surface area contributed by atoms with Crippen molar-refractivity contribution in [2.24, 2.45) is 10.8 Å². The molecule has 1 aliphatic carbocycles. The van der Waals surface area contributed by atoms with E-state index in [0.717, 1.165) is 43.2 Å². The fraction of sp³-hybridized carbons (Fsp3) is 0.514. The first-order chi connectivity index (χ1) is 18.2. The lowest BCUT2D eigenvalue weighted by Crippen LogP contribution is -2.43. The largest absolute Gasteiger partial charge is 0.479 e. The molecular formula is C35H48O4. The number of carboxylic acid groups (broad SMARTS) is 1. The van der Waals surface area contributed by atoms with Crippen LogP contribution in [0.4, 0.5) is 0 Å². The Balaban J connectivity index is 1.93. The molecular weight excluding hydrogens is 484 g/mol. The monoisotopic (exact) mass is 532 g/mol. The molecule has 0 saturated heterocycles. The molecule has 0 aromatic heterocycles. The summed E-state index contributed by atoms with van der Waals surface area (Å²) in [7, 11) is 0. The second-order valence-electron chi connectivity index (χ2n) is 12.8. The summed E-state index contributed by atoms with van der Waals surface area (Å²) in [5, 5.41) is 29.8. The maximum atomic E-state index is 11.3. The third-order valence-electron chi connectivity index (χ3n) is 9.32. The molecule has 4 heteroatoms. The van der Waals surface area contributed by atoms with Crippen LogP contribution in [-0.2, 0) is 16.6 Å². The standard InChI is InChI=1S/C35H48O4/c1-9-35(10-2,28-16-14-25(23(3)20-28)15-17-30(36)33(5,6)7)34(8)19-18-29(24(4)22-34)26-12-11-13-27(21-26)31(37)32(38)39/h11-14,16,18,20-22,30-31,36-37H,9-10,15,17,19H2,1-8H3,(H,38,39)/t30?,31-,34?/m1/s1. The van der Waals surface area contributed by atoms with E-state index >= 15 is 0 Å². The van der Waals surface area contributed by atoms with Crippen LogP contribution in [0.5, 0.6) is 0 Å². The van der Waals surface area contributed by atoms with Gasteiger partial charge in [0.05, 0.1) is 6.10 Å². The zero-order chi connectivity index (χ0) is 29.2. The van der Waals surface area contributed by atoms with Gasteiger partial charge in [0.2, 0.25) is 0 Å². The van der Waals surface area contributed by atoms with E-state index in [0.29, 0.717) is 5.56 Å². The summed E-state index contributed by atoms with van der Waals surface area (Å²) in [6, 6.07) is 14.2. The van der Waals surface area contributed by atoms with Crippen LogP contribution in [0, 0.1) is 17.8 Å². The molecule has 0 spiro atoms. The van der Waals surface area contributed by atoms with Gasteiger partial charge in [-0.15, -0.1) is 0 Å². The van der Waals surface area contributed by atoms with Gasteiger partial charge >= 0.3 is 5.97 Å². The molecule has 212 valence electrons. The average molecular weight is 533 g/mol. The molecule has 0 fully saturated rings. The van der Waals surface area contributed by atoms with Crippen LogP contribution in [0.1, 0.15) is 108 Å². The normalized spacial score (nSPS) is 19.7. The van der Waals surface area contributed by atoms with Gasteiger partial charge in [0.15, 0.2) is 6.10 Å². The first-order valence-corrected chi connectivity index (χ1v) is 14.4. The second kappa shape index (κ2) is 11.8. The summed E-state index contributed by atoms with van der Waals surface area (Å²) in [5.74, 6) is -1.24. The molecule has 3 rings (SSSR count). The van der Waals surface area contributed by atoms with E-state index in [1.54, 1.807) is 12.1 Å². The van der Waals surface area contributed by atoms with Crippen molar-refractivity contribution in [1.82, 2.24) is 0 Å². The van der Waals surface area contributed by atoms with Crippen LogP contribution >= 0.6 is 0 Å². The Bertz CT molecular complexity index is 1240. The highest BCUT2D eigenvalue weighted by molar-refractivity contribution is 5.81. The summed E-state index contributed by atoms with van der Waals surface area (Å²) < 4.78 is 0. The number of rotatable bonds is 10. The Morgan fingerprint density at radius 1 is 1.03 bits per heavy atom. The predicted octanol–water partition coefficient (Wildman–Crippen LogP) is 7.95. The summed E-state index contributed by atoms with van der Waals surface area (Å²) in [6.45, 7) is 17.5. The van der Waals surface area contributed by atoms with Gasteiger partial charge in [-0.05, 0) is 102 Å². The number of benzene rings is 2. The molecule has 1 aliphatic rings. The zero-order valence-corrected chi connectivity index (χ0v) is 25.1. The van der Waals surface area contributed by atoms with E-state index in [-0.39, 0.29) is 22.3 Å². The van der Waals surface area contributed by atoms with Gasteiger partial charge in [0, 0.05) is 5.41 Å². The molecule has 0 heterocycles. The summed E-state index contributed by atoms with van der Waals surface area (Å²) in [6.07, 6.45) is 7.36. The van der Waals surface area contributed by atoms with Crippen molar-refractivity contribution in [3.63, 3.8) is 0 Å². The van der Waals surface area contributed by atoms with Crippen LogP contribution in [-0.4, -0.2) is 27.4 Å². The van der Waals surface area contributed by atoms with Gasteiger partial charge in [0.25, 0.3) is 0 Å². The van der Waals surface area contributed by atoms with Crippen molar-refractivity contribution in [2.75, 3.05) is 0 Å². The van der Waals surface area contributed by atoms with E-state index in [9.17, 15) is 20.1 Å². The molecule has 0 aliphatic heterocycles. The minimum absolute atomic E-state index is 0.0497. The van der Waals surface area contributed by atoms with Crippen molar-refractivity contribution >= 4 is 11.5 Å². The van der Waals surface area contributed by atoms with Crippen molar-refractivity contribution in [2.45, 2.75) is 105 Å². The number of aryl methyl sites for hydroxylation is 2. The highest BCUT2D eigenvalue weighted by atomic mass is 16.4. The molecule has 0 amide bonds. The van der Waals surface area contributed by atoms with Gasteiger partial charge in [-0.1, -0.05) is 90.1 Å². The topological polar surface area (TPSA) is 77.8 Å². The number of carbonyl (C=O) groups is 1. The van der Waals surface area contributed by atoms with E-state index in [2.05, 4.69) is 85.7 Å². The Hall–Kier alpha value is -2.69. The molecule has 0 saturated carbocycles. The number of aliphatic hydroxyl groups excluding tert-OH is 2. The lowest BCUT2D eigenvalue weighted by atomic mass is 9.54. The van der Waals surface area contributed by atoms with Gasteiger partial charge in [-0.3, -0.25) is 0 Å². The molecule has 39 heavy (non-hydrogen) atoms. The van der Waals surface area contributed by atoms with E-state index < -0.39 is 12.1 Å². The van der Waals surface area contributed by atoms with Gasteiger partial charge < -0.3 is 15.3 Å². The molecule has 3 atom stereocenters. The summed E-state index contributed by atoms with van der Waals surface area (Å²) >= 11 is 0. The number of allylic oxidation sites excluding steroid dienone is 4. The second-order valence-corrected chi connectivity index (χ2v) is 12.8. The number of aliphatic carboxylic acids is 1. The molecule has 0 bridgehead atoms. The Kier molecular flexibility index (Phi) is 9.35. The minimum atomic E-state index is -1.53. The fourth-order valence-electron chi connectivity index (χ4n) is 6.58. The zero-order valence-electron chi connectivity index (χ0n) is 25.1. The van der Waals surface area contributed by atoms with Crippen LogP contribution < -0.4 is 0 Å². The van der Waals surface area contributed by atoms with Gasteiger partial charge in [-0.25, -0.2) is 4.79 Å². The van der Waals surface area contributed by atoms with Crippen LogP contribution in [0.25, 0.3) is 5.57 Å². The lowest BCUT2D eigenvalue weighted by Gasteiger charge is -2.49. The minimum Gasteiger partial charge on any atom is -0.479 e. The molecule has 3 N–H and O–H groups in total. The Morgan fingerprint density at radius 3 is 2.23 bits per heavy atom. The van der Waals surface area contributed by atoms with Crippen molar-refractivity contribution in [1.29, 1.82) is 0 Å². The fourth-order valence-corrected chi connectivity index (χ4v) is 6.58. The number of carboxylic acids is 1. The van der Waals surface area contributed by atoms with Crippen LogP contribution in [0.3, 0.4) is 0 Å². The predicted molar refractivity (Wildman–Crippen MR) is 161 cm³/mol. The van der Waals surface area contributed by atoms with Crippen LogP contribution in [0.2, 0.25) is 0 Å². The highest BCUT2D eigenvalue weighted by Gasteiger charge is 2.46. The number of hydrogen-bond acceptors (Lipinski definition) is 3. The highest BCUT2D eigenvalue weighted by Crippen LogP contribution is 2.54. The quantitative estimate of drug-likeness (QED) is 0.290. The van der Waals surface area contributed by atoms with Crippen molar-refractivity contribution in [3.05, 3.63) is 88.0 Å². The molecule has 4 nitrogen and oxygen atoms in total. The van der Waals surface area contributed by atoms with E-state index in [1.807, 2.05) is 12.1 Å². The Morgan fingerprint density at radius 2 is 1.69 bits per heavy atom. The smallest absolute Gasteiger partial charge is 0.337 e. The molecule has 2 aromatic carbocycles. The van der Waals surface area contributed by atoms with Gasteiger partial charge in [-0.2, -0.15) is 0 Å². The summed E-state index contributed by atoms with van der Waals surface area (Å²) in [4.78, 5) is 11.3. The SMILES string of the molecule is CCC(CC)(c1ccc(CCC(O)C(C)(C)C)c(C)c1)C1(C)C=C(C)C(c2cccc([C@@H](O)C(=O)O)c2)=CC1. The van der Waals surface area contributed by atoms with Gasteiger partial charge in [0.1, 0.15) is 0 Å². The van der Waals surface area contributed by atoms with Crippen LogP contribution in [0.15, 0.2) is 60.2 Å². The molecule has 2 unspecified atom stereocenters. The first-order valence-electron chi connectivity index (χ1n) is 14.4. The third kappa shape index (κ3) is 6.23. The first kappa shape index (κ1) is 30.8. The lowest BCUT2D eigenvalue weighted by molar-refractivity contribution is -0.146. The van der Waals surface area contributed by atoms with E-state index in [1.165, 1.54) is 22.3 Å². The van der Waals surface area contributed by atoms with Crippen molar-refractivity contribution in [3.8, 4) is 0 Å². The van der Waals surface area contributed by atoms with Crippen molar-refractivity contribution < 1.29 is 20.1 Å².